The summed E-state index contributed by atoms with van der Waals surface area (Å²) in [7, 11) is 0. The van der Waals surface area contributed by atoms with Crippen molar-refractivity contribution in [3.05, 3.63) is 41.8 Å². The highest BCUT2D eigenvalue weighted by atomic mass is 19.1. The van der Waals surface area contributed by atoms with Gasteiger partial charge >= 0.3 is 0 Å². The maximum atomic E-state index is 13.0. The lowest BCUT2D eigenvalue weighted by molar-refractivity contribution is -0.130. The lowest BCUT2D eigenvalue weighted by Crippen LogP contribution is -2.46. The summed E-state index contributed by atoms with van der Waals surface area (Å²) >= 11 is 0. The van der Waals surface area contributed by atoms with Crippen molar-refractivity contribution in [3.63, 3.8) is 0 Å². The lowest BCUT2D eigenvalue weighted by Gasteiger charge is -2.33. The molecule has 3 unspecified atom stereocenters. The van der Waals surface area contributed by atoms with Gasteiger partial charge in [0.15, 0.2) is 5.76 Å². The average Bonchev–Trinajstić information content (AvgIpc) is 3.42. The second-order valence-electron chi connectivity index (χ2n) is 7.35. The number of hydrogen-bond acceptors (Lipinski definition) is 5. The number of rotatable bonds is 6. The number of hydrogen-bond donors (Lipinski definition) is 2. The summed E-state index contributed by atoms with van der Waals surface area (Å²) in [4.78, 5) is 11.8. The summed E-state index contributed by atoms with van der Waals surface area (Å²) in [6.45, 7) is 0.326. The molecule has 1 aliphatic carbocycles. The zero-order valence-corrected chi connectivity index (χ0v) is 14.9. The van der Waals surface area contributed by atoms with Gasteiger partial charge in [-0.2, -0.15) is 0 Å². The van der Waals surface area contributed by atoms with Crippen molar-refractivity contribution >= 4 is 5.91 Å². The molecule has 3 atom stereocenters. The summed E-state index contributed by atoms with van der Waals surface area (Å²) in [6, 6.07) is 7.87. The van der Waals surface area contributed by atoms with Crippen LogP contribution in [-0.2, 0) is 16.0 Å². The zero-order valence-electron chi connectivity index (χ0n) is 14.9. The van der Waals surface area contributed by atoms with Crippen LogP contribution in [0.3, 0.4) is 0 Å². The van der Waals surface area contributed by atoms with E-state index in [1.54, 1.807) is 12.1 Å². The van der Waals surface area contributed by atoms with E-state index in [1.165, 1.54) is 12.1 Å². The van der Waals surface area contributed by atoms with Crippen molar-refractivity contribution in [2.45, 2.75) is 50.4 Å². The van der Waals surface area contributed by atoms with Gasteiger partial charge in [-0.25, -0.2) is 4.39 Å². The van der Waals surface area contributed by atoms with Crippen LogP contribution in [0.4, 0.5) is 4.39 Å². The second-order valence-corrected chi connectivity index (χ2v) is 7.35. The molecule has 1 aromatic carbocycles. The van der Waals surface area contributed by atoms with Crippen LogP contribution >= 0.6 is 0 Å². The van der Waals surface area contributed by atoms with Crippen LogP contribution in [0, 0.1) is 11.7 Å². The van der Waals surface area contributed by atoms with Crippen LogP contribution in [0.1, 0.15) is 31.4 Å². The zero-order chi connectivity index (χ0) is 18.8. The van der Waals surface area contributed by atoms with E-state index in [1.807, 2.05) is 6.07 Å². The summed E-state index contributed by atoms with van der Waals surface area (Å²) in [6.07, 6.45) is 2.72. The molecule has 1 amide bonds. The van der Waals surface area contributed by atoms with Crippen molar-refractivity contribution in [3.8, 4) is 11.3 Å². The monoisotopic (exact) mass is 374 g/mol. The first kappa shape index (κ1) is 18.1. The normalized spacial score (nSPS) is 25.3. The van der Waals surface area contributed by atoms with Crippen LogP contribution < -0.4 is 5.32 Å². The van der Waals surface area contributed by atoms with Gasteiger partial charge in [-0.3, -0.25) is 4.79 Å². The molecule has 0 radical (unpaired) electrons. The molecule has 1 aliphatic heterocycles. The van der Waals surface area contributed by atoms with Crippen LogP contribution in [0.25, 0.3) is 11.3 Å². The predicted molar refractivity (Wildman–Crippen MR) is 95.2 cm³/mol. The number of nitrogens with zero attached hydrogens (tertiary/aromatic N) is 1. The number of aliphatic hydroxyl groups excluding tert-OH is 1. The maximum absolute atomic E-state index is 13.0. The molecule has 7 heteroatoms. The Hall–Kier alpha value is -2.25. The first-order chi connectivity index (χ1) is 13.1. The highest BCUT2D eigenvalue weighted by Crippen LogP contribution is 2.29. The lowest BCUT2D eigenvalue weighted by atomic mass is 9.98. The molecule has 0 bridgehead atoms. The Kier molecular flexibility index (Phi) is 5.22. The van der Waals surface area contributed by atoms with Gasteiger partial charge in [0.1, 0.15) is 11.9 Å². The summed E-state index contributed by atoms with van der Waals surface area (Å²) in [5.74, 6) is 0.469. The molecular weight excluding hydrogens is 351 g/mol. The van der Waals surface area contributed by atoms with Crippen molar-refractivity contribution in [1.82, 2.24) is 10.5 Å². The van der Waals surface area contributed by atoms with E-state index in [9.17, 15) is 14.3 Å². The largest absolute Gasteiger partial charge is 0.390 e. The van der Waals surface area contributed by atoms with E-state index in [4.69, 9.17) is 9.26 Å². The van der Waals surface area contributed by atoms with Gasteiger partial charge in [-0.1, -0.05) is 5.16 Å². The van der Waals surface area contributed by atoms with Crippen LogP contribution in [-0.4, -0.2) is 41.0 Å². The molecule has 27 heavy (non-hydrogen) atoms. The van der Waals surface area contributed by atoms with E-state index in [-0.39, 0.29) is 23.7 Å². The van der Waals surface area contributed by atoms with E-state index < -0.39 is 12.2 Å². The molecule has 6 nitrogen and oxygen atoms in total. The van der Waals surface area contributed by atoms with Crippen molar-refractivity contribution in [2.24, 2.45) is 5.92 Å². The Balaban J connectivity index is 1.33. The quantitative estimate of drug-likeness (QED) is 0.811. The molecule has 144 valence electrons. The maximum Gasteiger partial charge on any atom is 0.223 e. The van der Waals surface area contributed by atoms with Gasteiger partial charge in [0.2, 0.25) is 5.91 Å². The molecule has 2 fully saturated rings. The molecule has 1 saturated carbocycles. The van der Waals surface area contributed by atoms with E-state index in [0.29, 0.717) is 31.6 Å². The SMILES string of the molecule is O=C(NCC1OC(Cc2cc(-c3ccc(F)cc3)on2)CCC1O)C1CC1. The Morgan fingerprint density at radius 3 is 2.74 bits per heavy atom. The van der Waals surface area contributed by atoms with Crippen molar-refractivity contribution in [2.75, 3.05) is 6.54 Å². The number of carbonyl (C=O) groups excluding carboxylic acids is 1. The van der Waals surface area contributed by atoms with Gasteiger partial charge in [-0.05, 0) is 49.9 Å². The molecule has 4 rings (SSSR count). The number of halogens is 1. The Bertz CT molecular complexity index is 788. The molecule has 1 saturated heterocycles. The molecule has 2 aromatic rings. The first-order valence-electron chi connectivity index (χ1n) is 9.41. The highest BCUT2D eigenvalue weighted by Gasteiger charge is 2.33. The summed E-state index contributed by atoms with van der Waals surface area (Å²) < 4.78 is 24.4. The fourth-order valence-corrected chi connectivity index (χ4v) is 3.37. The number of amides is 1. The molecule has 0 spiro atoms. The summed E-state index contributed by atoms with van der Waals surface area (Å²) in [5, 5.41) is 17.1. The number of benzene rings is 1. The molecular formula is C20H23FN2O4. The number of ether oxygens (including phenoxy) is 1. The van der Waals surface area contributed by atoms with E-state index in [0.717, 1.165) is 24.1 Å². The van der Waals surface area contributed by atoms with Crippen LogP contribution in [0.5, 0.6) is 0 Å². The van der Waals surface area contributed by atoms with Crippen LogP contribution in [0.2, 0.25) is 0 Å². The molecule has 2 heterocycles. The van der Waals surface area contributed by atoms with Crippen LogP contribution in [0.15, 0.2) is 34.9 Å². The highest BCUT2D eigenvalue weighted by molar-refractivity contribution is 5.80. The minimum Gasteiger partial charge on any atom is -0.390 e. The minimum absolute atomic E-state index is 0.0494. The number of nitrogens with one attached hydrogen (secondary N) is 1. The number of aromatic nitrogens is 1. The Labute approximate surface area is 156 Å². The second kappa shape index (κ2) is 7.78. The van der Waals surface area contributed by atoms with Gasteiger partial charge in [0, 0.05) is 30.5 Å². The minimum atomic E-state index is -0.576. The molecule has 2 aliphatic rings. The first-order valence-corrected chi connectivity index (χ1v) is 9.41. The van der Waals surface area contributed by atoms with Gasteiger partial charge in [-0.15, -0.1) is 0 Å². The van der Waals surface area contributed by atoms with Gasteiger partial charge in [0.05, 0.1) is 17.9 Å². The smallest absolute Gasteiger partial charge is 0.223 e. The van der Waals surface area contributed by atoms with Gasteiger partial charge in [0.25, 0.3) is 0 Å². The Morgan fingerprint density at radius 1 is 1.22 bits per heavy atom. The van der Waals surface area contributed by atoms with Crippen molar-refractivity contribution in [1.29, 1.82) is 0 Å². The fraction of sp³-hybridized carbons (Fsp3) is 0.500. The van der Waals surface area contributed by atoms with E-state index in [2.05, 4.69) is 10.5 Å². The summed E-state index contributed by atoms with van der Waals surface area (Å²) in [5.41, 5.74) is 1.51. The fourth-order valence-electron chi connectivity index (χ4n) is 3.37. The third-order valence-corrected chi connectivity index (χ3v) is 5.13. The standard InChI is InChI=1S/C20H23FN2O4/c21-14-5-3-12(4-6-14)18-10-15(23-27-18)9-16-7-8-17(24)19(26-16)11-22-20(25)13-1-2-13/h3-6,10,13,16-17,19,24H,1-2,7-9,11H2,(H,22,25). The number of aliphatic hydroxyl groups is 1. The average molecular weight is 374 g/mol. The van der Waals surface area contributed by atoms with E-state index >= 15 is 0 Å². The molecule has 2 N–H and O–H groups in total. The molecule has 1 aromatic heterocycles. The predicted octanol–water partition coefficient (Wildman–Crippen LogP) is 2.46. The topological polar surface area (TPSA) is 84.6 Å². The third-order valence-electron chi connectivity index (χ3n) is 5.13. The Morgan fingerprint density at radius 2 is 2.00 bits per heavy atom. The number of carbonyl (C=O) groups is 1. The van der Waals surface area contributed by atoms with Crippen molar-refractivity contribution < 1.29 is 23.6 Å². The third kappa shape index (κ3) is 4.54. The van der Waals surface area contributed by atoms with Gasteiger partial charge < -0.3 is 19.7 Å².